The van der Waals surface area contributed by atoms with Gasteiger partial charge < -0.3 is 20.1 Å². The highest BCUT2D eigenvalue weighted by Gasteiger charge is 2.25. The Bertz CT molecular complexity index is 920. The number of rotatable bonds is 50. The first-order valence-corrected chi connectivity index (χ1v) is 27.2. The van der Waals surface area contributed by atoms with Gasteiger partial charge >= 0.3 is 13.8 Å². The molecule has 0 aliphatic rings. The van der Waals surface area contributed by atoms with Gasteiger partial charge in [0, 0.05) is 19.6 Å². The number of hydrogen-bond acceptors (Lipinski definition) is 7. The summed E-state index contributed by atoms with van der Waals surface area (Å²) in [5, 5.41) is 0. The number of carbonyl (C=O) groups excluding carboxylic acids is 1. The minimum atomic E-state index is -4.28. The summed E-state index contributed by atoms with van der Waals surface area (Å²) >= 11 is 0. The fourth-order valence-electron chi connectivity index (χ4n) is 7.64. The quantitative estimate of drug-likeness (QED) is 0.0269. The second-order valence-corrected chi connectivity index (χ2v) is 18.8. The number of allylic oxidation sites excluding steroid dienone is 2. The molecule has 0 spiro atoms. The van der Waals surface area contributed by atoms with Crippen molar-refractivity contribution >= 4 is 13.8 Å². The number of hydrogen-bond donors (Lipinski definition) is 2. The van der Waals surface area contributed by atoms with Crippen LogP contribution in [0.2, 0.25) is 0 Å². The Morgan fingerprint density at radius 3 is 1.24 bits per heavy atom. The van der Waals surface area contributed by atoms with E-state index in [1.54, 1.807) is 0 Å². The second-order valence-electron chi connectivity index (χ2n) is 17.4. The van der Waals surface area contributed by atoms with Crippen LogP contribution >= 0.6 is 7.82 Å². The Balaban J connectivity index is 3.87. The van der Waals surface area contributed by atoms with Gasteiger partial charge in [-0.1, -0.05) is 231 Å². The molecule has 0 aromatic heterocycles. The first kappa shape index (κ1) is 58.2. The van der Waals surface area contributed by atoms with Crippen LogP contribution < -0.4 is 5.73 Å². The summed E-state index contributed by atoms with van der Waals surface area (Å²) in [4.78, 5) is 22.6. The van der Waals surface area contributed by atoms with E-state index >= 15 is 0 Å². The van der Waals surface area contributed by atoms with Crippen molar-refractivity contribution in [1.82, 2.24) is 0 Å². The molecule has 0 aliphatic heterocycles. The maximum Gasteiger partial charge on any atom is 0.472 e. The van der Waals surface area contributed by atoms with Gasteiger partial charge in [-0.15, -0.1) is 0 Å². The molecule has 352 valence electrons. The Morgan fingerprint density at radius 2 is 0.847 bits per heavy atom. The number of ether oxygens (including phenoxy) is 2. The van der Waals surface area contributed by atoms with Gasteiger partial charge in [0.1, 0.15) is 6.10 Å². The van der Waals surface area contributed by atoms with Crippen molar-refractivity contribution in [2.75, 3.05) is 33.0 Å². The van der Waals surface area contributed by atoms with Gasteiger partial charge in [-0.3, -0.25) is 13.8 Å². The van der Waals surface area contributed by atoms with E-state index in [0.717, 1.165) is 32.1 Å². The molecule has 3 N–H and O–H groups in total. The van der Waals surface area contributed by atoms with Crippen LogP contribution in [0.5, 0.6) is 0 Å². The van der Waals surface area contributed by atoms with Gasteiger partial charge in [-0.2, -0.15) is 0 Å². The normalized spacial score (nSPS) is 13.4. The highest BCUT2D eigenvalue weighted by atomic mass is 31.2. The first-order valence-electron chi connectivity index (χ1n) is 25.7. The van der Waals surface area contributed by atoms with E-state index in [1.165, 1.54) is 212 Å². The lowest BCUT2D eigenvalue weighted by Gasteiger charge is -2.20. The predicted molar refractivity (Wildman–Crippen MR) is 252 cm³/mol. The van der Waals surface area contributed by atoms with Gasteiger partial charge in [-0.25, -0.2) is 4.57 Å². The largest absolute Gasteiger partial charge is 0.472 e. The van der Waals surface area contributed by atoms with E-state index in [1.807, 2.05) is 0 Å². The van der Waals surface area contributed by atoms with Crippen LogP contribution in [-0.4, -0.2) is 49.9 Å². The number of esters is 1. The van der Waals surface area contributed by atoms with Crippen LogP contribution in [-0.2, 0) is 27.9 Å². The minimum absolute atomic E-state index is 0.0930. The molecule has 2 unspecified atom stereocenters. The van der Waals surface area contributed by atoms with Gasteiger partial charge in [-0.05, 0) is 38.5 Å². The zero-order chi connectivity index (χ0) is 43.0. The molecule has 8 nitrogen and oxygen atoms in total. The zero-order valence-electron chi connectivity index (χ0n) is 39.3. The lowest BCUT2D eigenvalue weighted by atomic mass is 10.0. The summed E-state index contributed by atoms with van der Waals surface area (Å²) in [6, 6.07) is 0. The van der Waals surface area contributed by atoms with Gasteiger partial charge in [0.2, 0.25) is 0 Å². The molecule has 59 heavy (non-hydrogen) atoms. The van der Waals surface area contributed by atoms with Crippen LogP contribution in [0.3, 0.4) is 0 Å². The molecule has 0 amide bonds. The summed E-state index contributed by atoms with van der Waals surface area (Å²) in [7, 11) is -4.28. The van der Waals surface area contributed by atoms with E-state index in [4.69, 9.17) is 24.3 Å². The van der Waals surface area contributed by atoms with Crippen molar-refractivity contribution in [2.45, 2.75) is 270 Å². The average Bonchev–Trinajstić information content (AvgIpc) is 3.23. The van der Waals surface area contributed by atoms with Crippen molar-refractivity contribution in [3.63, 3.8) is 0 Å². The third-order valence-electron chi connectivity index (χ3n) is 11.4. The third kappa shape index (κ3) is 48.1. The van der Waals surface area contributed by atoms with Crippen LogP contribution in [0.15, 0.2) is 12.2 Å². The van der Waals surface area contributed by atoms with E-state index in [-0.39, 0.29) is 32.3 Å². The minimum Gasteiger partial charge on any atom is -0.457 e. The van der Waals surface area contributed by atoms with Crippen molar-refractivity contribution in [3.8, 4) is 0 Å². The Hall–Kier alpha value is -0.760. The summed E-state index contributed by atoms with van der Waals surface area (Å²) in [6.45, 7) is 4.97. The van der Waals surface area contributed by atoms with E-state index in [2.05, 4.69) is 26.0 Å². The molecular formula is C50H100NO7P. The molecule has 0 radical (unpaired) electrons. The molecule has 0 saturated carbocycles. The molecule has 0 saturated heterocycles. The topological polar surface area (TPSA) is 117 Å². The van der Waals surface area contributed by atoms with Crippen molar-refractivity contribution < 1.29 is 32.8 Å². The fourth-order valence-corrected chi connectivity index (χ4v) is 8.41. The van der Waals surface area contributed by atoms with E-state index in [9.17, 15) is 14.3 Å². The monoisotopic (exact) mass is 858 g/mol. The van der Waals surface area contributed by atoms with Crippen LogP contribution in [0.4, 0.5) is 0 Å². The lowest BCUT2D eigenvalue weighted by Crippen LogP contribution is -2.28. The molecule has 9 heteroatoms. The summed E-state index contributed by atoms with van der Waals surface area (Å²) < 4.78 is 33.6. The van der Waals surface area contributed by atoms with Crippen LogP contribution in [0, 0.1) is 0 Å². The van der Waals surface area contributed by atoms with Crippen LogP contribution in [0.1, 0.15) is 264 Å². The fraction of sp³-hybridized carbons (Fsp3) is 0.940. The van der Waals surface area contributed by atoms with E-state index in [0.29, 0.717) is 13.0 Å². The van der Waals surface area contributed by atoms with Crippen LogP contribution in [0.25, 0.3) is 0 Å². The highest BCUT2D eigenvalue weighted by molar-refractivity contribution is 7.47. The number of carbonyl (C=O) groups is 1. The maximum absolute atomic E-state index is 12.6. The van der Waals surface area contributed by atoms with Crippen molar-refractivity contribution in [1.29, 1.82) is 0 Å². The lowest BCUT2D eigenvalue weighted by molar-refractivity contribution is -0.154. The number of nitrogens with two attached hydrogens (primary N) is 1. The maximum atomic E-state index is 12.6. The van der Waals surface area contributed by atoms with Gasteiger partial charge in [0.25, 0.3) is 0 Å². The SMILES string of the molecule is CCCCCCCC/C=C\CCCCCCCCOCC(COP(=O)(O)OCCN)OC(=O)CCCCCCCCCCCCCCCCCCCCCCCCCC. The smallest absolute Gasteiger partial charge is 0.457 e. The molecule has 2 atom stereocenters. The molecule has 0 aliphatic carbocycles. The number of unbranched alkanes of at least 4 members (excludes halogenated alkanes) is 35. The Kier molecular flexibility index (Phi) is 47.7. The molecule has 0 bridgehead atoms. The summed E-state index contributed by atoms with van der Waals surface area (Å²) in [5.74, 6) is -0.325. The molecule has 0 fully saturated rings. The molecule has 0 heterocycles. The van der Waals surface area contributed by atoms with Gasteiger partial charge in [0.05, 0.1) is 19.8 Å². The Morgan fingerprint density at radius 1 is 0.492 bits per heavy atom. The summed E-state index contributed by atoms with van der Waals surface area (Å²) in [5.41, 5.74) is 5.39. The molecule has 0 aromatic carbocycles. The second kappa shape index (κ2) is 48.3. The number of phosphoric acid groups is 1. The zero-order valence-corrected chi connectivity index (χ0v) is 40.2. The molecular weight excluding hydrogens is 758 g/mol. The van der Waals surface area contributed by atoms with Crippen molar-refractivity contribution in [2.24, 2.45) is 5.73 Å². The standard InChI is InChI=1S/C50H100NO7P/c1-3-5-7-9-11-13-15-17-19-21-22-23-24-25-26-27-28-29-31-33-35-37-39-41-43-50(52)58-49(48-57-59(53,54)56-46-44-51)47-55-45-42-40-38-36-34-32-30-20-18-16-14-12-10-8-6-4-2/h18,20,49H,3-17,19,21-48,51H2,1-2H3,(H,53,54)/b20-18-. The first-order chi connectivity index (χ1) is 28.9. The number of phosphoric ester groups is 1. The van der Waals surface area contributed by atoms with E-state index < -0.39 is 13.9 Å². The van der Waals surface area contributed by atoms with Crippen molar-refractivity contribution in [3.05, 3.63) is 12.2 Å². The van der Waals surface area contributed by atoms with Gasteiger partial charge in [0.15, 0.2) is 0 Å². The average molecular weight is 858 g/mol. The highest BCUT2D eigenvalue weighted by Crippen LogP contribution is 2.43. The third-order valence-corrected chi connectivity index (χ3v) is 12.4. The molecule has 0 aromatic rings. The molecule has 0 rings (SSSR count). The summed E-state index contributed by atoms with van der Waals surface area (Å²) in [6.07, 6.45) is 53.9. The predicted octanol–water partition coefficient (Wildman–Crippen LogP) is 15.8. The Labute approximate surface area is 366 Å².